The first-order valence-corrected chi connectivity index (χ1v) is 6.46. The summed E-state index contributed by atoms with van der Waals surface area (Å²) in [6.45, 7) is 4.88. The van der Waals surface area contributed by atoms with Gasteiger partial charge in [0.15, 0.2) is 0 Å². The Morgan fingerprint density at radius 2 is 2.19 bits per heavy atom. The molecule has 0 aliphatic rings. The van der Waals surface area contributed by atoms with Crippen LogP contribution in [0, 0.1) is 5.92 Å². The van der Waals surface area contributed by atoms with Gasteiger partial charge < -0.3 is 10.5 Å². The molecule has 0 atom stereocenters. The van der Waals surface area contributed by atoms with Crippen LogP contribution in [-0.2, 0) is 17.1 Å². The number of nitrogen functional groups attached to an aromatic ring is 1. The number of rotatable bonds is 6. The molecule has 0 bridgehead atoms. The maximum absolute atomic E-state index is 5.71. The van der Waals surface area contributed by atoms with Crippen molar-refractivity contribution in [3.63, 3.8) is 0 Å². The molecule has 4 nitrogen and oxygen atoms in total. The fourth-order valence-electron chi connectivity index (χ4n) is 1.25. The average molecular weight is 241 g/mol. The third-order valence-corrected chi connectivity index (χ3v) is 3.18. The minimum atomic E-state index is 0.481. The highest BCUT2D eigenvalue weighted by Gasteiger charge is 2.03. The minimum absolute atomic E-state index is 0.481. The van der Waals surface area contributed by atoms with Crippen LogP contribution in [0.2, 0.25) is 0 Å². The molecule has 0 radical (unpaired) electrons. The summed E-state index contributed by atoms with van der Waals surface area (Å²) >= 11 is 1.83. The van der Waals surface area contributed by atoms with Crippen molar-refractivity contribution in [2.45, 2.75) is 26.2 Å². The van der Waals surface area contributed by atoms with Gasteiger partial charge in [0.05, 0.1) is 18.1 Å². The van der Waals surface area contributed by atoms with Crippen LogP contribution in [0.4, 0.5) is 5.82 Å². The fraction of sp³-hybridized carbons (Fsp3) is 0.636. The van der Waals surface area contributed by atoms with Gasteiger partial charge in [-0.15, -0.1) is 0 Å². The molecule has 1 aromatic heterocycles. The van der Waals surface area contributed by atoms with E-state index in [4.69, 9.17) is 10.5 Å². The second-order valence-corrected chi connectivity index (χ2v) is 5.07. The van der Waals surface area contributed by atoms with E-state index >= 15 is 0 Å². The van der Waals surface area contributed by atoms with Crippen LogP contribution in [0.25, 0.3) is 0 Å². The maximum Gasteiger partial charge on any atom is 0.140 e. The van der Waals surface area contributed by atoms with Crippen LogP contribution in [0.15, 0.2) is 6.07 Å². The summed E-state index contributed by atoms with van der Waals surface area (Å²) in [6, 6.07) is 1.75. The molecule has 2 N–H and O–H groups in total. The number of methoxy groups -OCH3 is 1. The molecule has 90 valence electrons. The Morgan fingerprint density at radius 3 is 2.81 bits per heavy atom. The zero-order valence-electron chi connectivity index (χ0n) is 10.1. The van der Waals surface area contributed by atoms with Crippen molar-refractivity contribution in [1.82, 2.24) is 9.97 Å². The van der Waals surface area contributed by atoms with E-state index in [9.17, 15) is 0 Å². The normalized spacial score (nSPS) is 11.0. The van der Waals surface area contributed by atoms with E-state index < -0.39 is 0 Å². The number of anilines is 1. The van der Waals surface area contributed by atoms with Gasteiger partial charge in [-0.25, -0.2) is 9.97 Å². The average Bonchev–Trinajstić information content (AvgIpc) is 2.16. The number of aromatic nitrogens is 2. The molecule has 1 aromatic rings. The van der Waals surface area contributed by atoms with Crippen LogP contribution in [0.5, 0.6) is 0 Å². The monoisotopic (exact) mass is 241 g/mol. The molecule has 0 saturated carbocycles. The zero-order valence-corrected chi connectivity index (χ0v) is 10.9. The molecule has 0 unspecified atom stereocenters. The van der Waals surface area contributed by atoms with Gasteiger partial charge in [-0.05, 0) is 11.7 Å². The summed E-state index contributed by atoms with van der Waals surface area (Å²) in [4.78, 5) is 8.59. The number of hydrogen-bond acceptors (Lipinski definition) is 5. The van der Waals surface area contributed by atoms with Crippen molar-refractivity contribution >= 4 is 17.6 Å². The lowest BCUT2D eigenvalue weighted by molar-refractivity contribution is 0.181. The molecule has 0 aliphatic heterocycles. The van der Waals surface area contributed by atoms with Gasteiger partial charge in [0.25, 0.3) is 0 Å². The molecule has 1 heterocycles. The van der Waals surface area contributed by atoms with Gasteiger partial charge in [-0.1, -0.05) is 13.8 Å². The molecule has 0 amide bonds. The predicted octanol–water partition coefficient (Wildman–Crippen LogP) is 2.09. The molecule has 0 aromatic carbocycles. The van der Waals surface area contributed by atoms with Crippen molar-refractivity contribution < 1.29 is 4.74 Å². The lowest BCUT2D eigenvalue weighted by Gasteiger charge is -2.06. The van der Waals surface area contributed by atoms with Crippen molar-refractivity contribution in [3.05, 3.63) is 17.6 Å². The summed E-state index contributed by atoms with van der Waals surface area (Å²) in [5, 5.41) is 0. The van der Waals surface area contributed by atoms with Crippen molar-refractivity contribution in [2.75, 3.05) is 18.6 Å². The summed E-state index contributed by atoms with van der Waals surface area (Å²) in [5.41, 5.74) is 6.55. The Labute approximate surface area is 101 Å². The second kappa shape index (κ2) is 6.70. The molecule has 0 aliphatic carbocycles. The first kappa shape index (κ1) is 13.3. The third-order valence-electron chi connectivity index (χ3n) is 1.82. The number of hydrogen-bond donors (Lipinski definition) is 1. The van der Waals surface area contributed by atoms with Crippen molar-refractivity contribution in [2.24, 2.45) is 5.92 Å². The third kappa shape index (κ3) is 4.81. The van der Waals surface area contributed by atoms with E-state index in [1.807, 2.05) is 11.8 Å². The van der Waals surface area contributed by atoms with Gasteiger partial charge in [0, 0.05) is 13.2 Å². The molecule has 1 rings (SSSR count). The number of thioether (sulfide) groups is 1. The fourth-order valence-corrected chi connectivity index (χ4v) is 2.15. The summed E-state index contributed by atoms with van der Waals surface area (Å²) in [6.07, 6.45) is 0. The summed E-state index contributed by atoms with van der Waals surface area (Å²) in [5.74, 6) is 3.90. The molecule has 0 fully saturated rings. The van der Waals surface area contributed by atoms with Crippen LogP contribution < -0.4 is 5.73 Å². The topological polar surface area (TPSA) is 61.0 Å². The Morgan fingerprint density at radius 1 is 1.44 bits per heavy atom. The van der Waals surface area contributed by atoms with E-state index in [1.165, 1.54) is 0 Å². The minimum Gasteiger partial charge on any atom is -0.384 e. The van der Waals surface area contributed by atoms with Gasteiger partial charge in [-0.2, -0.15) is 11.8 Å². The highest BCUT2D eigenvalue weighted by Crippen LogP contribution is 2.14. The lowest BCUT2D eigenvalue weighted by Crippen LogP contribution is -2.04. The smallest absolute Gasteiger partial charge is 0.140 e. The summed E-state index contributed by atoms with van der Waals surface area (Å²) in [7, 11) is 1.64. The van der Waals surface area contributed by atoms with E-state index in [2.05, 4.69) is 23.8 Å². The summed E-state index contributed by atoms with van der Waals surface area (Å²) < 4.78 is 5.03. The first-order chi connectivity index (χ1) is 7.61. The quantitative estimate of drug-likeness (QED) is 0.826. The number of nitrogens with zero attached hydrogens (tertiary/aromatic N) is 2. The SMILES string of the molecule is COCc1cc(N)nc(CSCC(C)C)n1. The van der Waals surface area contributed by atoms with E-state index in [0.29, 0.717) is 18.3 Å². The highest BCUT2D eigenvalue weighted by atomic mass is 32.2. The molecular formula is C11H19N3OS. The van der Waals surface area contributed by atoms with Crippen LogP contribution in [-0.4, -0.2) is 22.8 Å². The Kier molecular flexibility index (Phi) is 5.55. The predicted molar refractivity (Wildman–Crippen MR) is 68.2 cm³/mol. The van der Waals surface area contributed by atoms with Crippen LogP contribution in [0.1, 0.15) is 25.4 Å². The first-order valence-electron chi connectivity index (χ1n) is 5.30. The molecular weight excluding hydrogens is 222 g/mol. The second-order valence-electron chi connectivity index (χ2n) is 4.04. The molecule has 0 saturated heterocycles. The highest BCUT2D eigenvalue weighted by molar-refractivity contribution is 7.98. The van der Waals surface area contributed by atoms with Crippen LogP contribution in [0.3, 0.4) is 0 Å². The molecule has 0 spiro atoms. The lowest BCUT2D eigenvalue weighted by atomic mass is 10.3. The van der Waals surface area contributed by atoms with E-state index in [0.717, 1.165) is 23.0 Å². The Balaban J connectivity index is 2.58. The number of nitrogens with two attached hydrogens (primary N) is 1. The number of ether oxygens (including phenoxy) is 1. The van der Waals surface area contributed by atoms with E-state index in [-0.39, 0.29) is 0 Å². The standard InChI is InChI=1S/C11H19N3OS/c1-8(2)6-16-7-11-13-9(5-15-3)4-10(12)14-11/h4,8H,5-7H2,1-3H3,(H2,12,13,14). The van der Waals surface area contributed by atoms with Crippen LogP contribution >= 0.6 is 11.8 Å². The van der Waals surface area contributed by atoms with Crippen molar-refractivity contribution in [3.8, 4) is 0 Å². The maximum atomic E-state index is 5.71. The van der Waals surface area contributed by atoms with Crippen molar-refractivity contribution in [1.29, 1.82) is 0 Å². The Bertz CT molecular complexity index is 331. The van der Waals surface area contributed by atoms with Gasteiger partial charge >= 0.3 is 0 Å². The van der Waals surface area contributed by atoms with Gasteiger partial charge in [0.1, 0.15) is 11.6 Å². The molecule has 5 heteroatoms. The Hall–Kier alpha value is -0.810. The van der Waals surface area contributed by atoms with Gasteiger partial charge in [-0.3, -0.25) is 0 Å². The molecule has 16 heavy (non-hydrogen) atoms. The van der Waals surface area contributed by atoms with E-state index in [1.54, 1.807) is 13.2 Å². The van der Waals surface area contributed by atoms with Gasteiger partial charge in [0.2, 0.25) is 0 Å². The zero-order chi connectivity index (χ0) is 12.0. The largest absolute Gasteiger partial charge is 0.384 e.